The van der Waals surface area contributed by atoms with Gasteiger partial charge in [0.05, 0.1) is 0 Å². The predicted octanol–water partition coefficient (Wildman–Crippen LogP) is 10.2. The zero-order valence-electron chi connectivity index (χ0n) is 26.3. The molecule has 47 heavy (non-hydrogen) atoms. The maximum atomic E-state index is 15.8. The van der Waals surface area contributed by atoms with Crippen molar-refractivity contribution in [2.24, 2.45) is 0 Å². The van der Waals surface area contributed by atoms with Crippen molar-refractivity contribution in [2.75, 3.05) is 0 Å². The van der Waals surface area contributed by atoms with Crippen LogP contribution in [0, 0.1) is 0 Å². The summed E-state index contributed by atoms with van der Waals surface area (Å²) in [5, 5.41) is 10.1. The van der Waals surface area contributed by atoms with Crippen molar-refractivity contribution in [3.05, 3.63) is 169 Å². The van der Waals surface area contributed by atoms with Crippen molar-refractivity contribution >= 4 is 55.4 Å². The maximum Gasteiger partial charge on any atom is 0.171 e. The summed E-state index contributed by atoms with van der Waals surface area (Å²) < 4.78 is 15.8. The Morgan fingerprint density at radius 1 is 0.489 bits per heavy atom. The van der Waals surface area contributed by atoms with Crippen LogP contribution in [0.2, 0.25) is 0 Å². The molecule has 0 saturated carbocycles. The number of hydrogen-bond donors (Lipinski definition) is 0. The quantitative estimate of drug-likeness (QED) is 0.145. The molecule has 0 saturated heterocycles. The van der Waals surface area contributed by atoms with Crippen LogP contribution in [-0.4, -0.2) is 4.98 Å². The summed E-state index contributed by atoms with van der Waals surface area (Å²) in [4.78, 5) is 4.54. The number of nitrogens with zero attached hydrogens (tertiary/aromatic N) is 1. The fourth-order valence-electron chi connectivity index (χ4n) is 7.88. The van der Waals surface area contributed by atoms with Gasteiger partial charge in [-0.1, -0.05) is 129 Å². The van der Waals surface area contributed by atoms with Crippen LogP contribution in [0.3, 0.4) is 0 Å². The van der Waals surface area contributed by atoms with E-state index in [1.54, 1.807) is 0 Å². The van der Waals surface area contributed by atoms with Gasteiger partial charge in [0.15, 0.2) is 7.14 Å². The van der Waals surface area contributed by atoms with Crippen molar-refractivity contribution in [1.82, 2.24) is 4.98 Å². The first-order valence-corrected chi connectivity index (χ1v) is 17.9. The fraction of sp³-hybridized carbons (Fsp3) is 0.0682. The van der Waals surface area contributed by atoms with E-state index in [9.17, 15) is 0 Å². The van der Waals surface area contributed by atoms with Gasteiger partial charge in [0.2, 0.25) is 0 Å². The largest absolute Gasteiger partial charge is 0.309 e. The van der Waals surface area contributed by atoms with E-state index in [4.69, 9.17) is 0 Å². The maximum absolute atomic E-state index is 15.8. The molecule has 1 aromatic heterocycles. The minimum atomic E-state index is -3.24. The van der Waals surface area contributed by atoms with Crippen molar-refractivity contribution in [1.29, 1.82) is 0 Å². The van der Waals surface area contributed by atoms with E-state index >= 15 is 4.57 Å². The third kappa shape index (κ3) is 4.05. The molecule has 1 heterocycles. The van der Waals surface area contributed by atoms with Crippen LogP contribution < -0.4 is 15.9 Å². The van der Waals surface area contributed by atoms with E-state index in [0.29, 0.717) is 0 Å². The molecule has 2 nitrogen and oxygen atoms in total. The van der Waals surface area contributed by atoms with Crippen LogP contribution in [0.1, 0.15) is 25.0 Å². The topological polar surface area (TPSA) is 30.0 Å². The first kappa shape index (κ1) is 28.0. The van der Waals surface area contributed by atoms with Gasteiger partial charge in [0, 0.05) is 39.3 Å². The lowest BCUT2D eigenvalue weighted by Crippen LogP contribution is -2.27. The normalized spacial score (nSPS) is 13.6. The minimum Gasteiger partial charge on any atom is -0.309 e. The molecule has 0 fully saturated rings. The summed E-state index contributed by atoms with van der Waals surface area (Å²) in [5.41, 5.74) is 6.67. The molecule has 1 aliphatic rings. The molecule has 0 amide bonds. The van der Waals surface area contributed by atoms with Gasteiger partial charge >= 0.3 is 0 Å². The Labute approximate surface area is 274 Å². The zero-order valence-corrected chi connectivity index (χ0v) is 27.2. The van der Waals surface area contributed by atoms with Crippen molar-refractivity contribution in [3.8, 4) is 22.3 Å². The lowest BCUT2D eigenvalue weighted by atomic mass is 9.81. The second-order valence-corrected chi connectivity index (χ2v) is 15.9. The molecular weight excluding hydrogens is 589 g/mol. The summed E-state index contributed by atoms with van der Waals surface area (Å²) >= 11 is 0. The van der Waals surface area contributed by atoms with Gasteiger partial charge < -0.3 is 4.57 Å². The number of pyridine rings is 1. The summed E-state index contributed by atoms with van der Waals surface area (Å²) in [6.07, 6.45) is 3.75. The summed E-state index contributed by atoms with van der Waals surface area (Å²) in [6.45, 7) is 4.64. The Kier molecular flexibility index (Phi) is 6.16. The number of benzene rings is 7. The molecule has 0 spiro atoms. The molecule has 7 aromatic carbocycles. The highest BCUT2D eigenvalue weighted by atomic mass is 31.2. The number of rotatable bonds is 4. The summed E-state index contributed by atoms with van der Waals surface area (Å²) in [6, 6.07) is 50.9. The Bertz CT molecular complexity index is 2510. The minimum absolute atomic E-state index is 0.337. The van der Waals surface area contributed by atoms with E-state index in [0.717, 1.165) is 27.0 Å². The Balaban J connectivity index is 1.41. The van der Waals surface area contributed by atoms with E-state index in [1.165, 1.54) is 54.6 Å². The van der Waals surface area contributed by atoms with Gasteiger partial charge in [0.1, 0.15) is 0 Å². The molecule has 0 bridgehead atoms. The fourth-order valence-corrected chi connectivity index (χ4v) is 10.6. The van der Waals surface area contributed by atoms with Crippen LogP contribution in [-0.2, 0) is 9.98 Å². The summed E-state index contributed by atoms with van der Waals surface area (Å²) in [5.74, 6) is 0. The lowest BCUT2D eigenvalue weighted by Gasteiger charge is -2.26. The van der Waals surface area contributed by atoms with E-state index in [-0.39, 0.29) is 5.41 Å². The molecule has 3 heteroatoms. The highest BCUT2D eigenvalue weighted by Crippen LogP contribution is 2.55. The highest BCUT2D eigenvalue weighted by Gasteiger charge is 2.40. The molecule has 9 rings (SSSR count). The molecule has 0 unspecified atom stereocenters. The Morgan fingerprint density at radius 3 is 1.57 bits per heavy atom. The molecule has 0 aliphatic heterocycles. The average Bonchev–Trinajstić information content (AvgIpc) is 3.36. The van der Waals surface area contributed by atoms with Crippen molar-refractivity contribution in [2.45, 2.75) is 19.3 Å². The van der Waals surface area contributed by atoms with Crippen LogP contribution in [0.4, 0.5) is 0 Å². The standard InChI is InChI=1S/C44H32NOP/c1-44(2)41-27-39-36-22-12-10-20-34(36)33-19-9-11-21-35(33)38(39)26-40(41)43-37(29-14-13-23-45-28-29)24-32(25-42(43)44)47(46,30-15-5-3-6-16-30)31-17-7-4-8-18-31/h3-28H,1-2H3. The zero-order chi connectivity index (χ0) is 31.8. The lowest BCUT2D eigenvalue weighted by molar-refractivity contribution is 0.592. The molecule has 8 aromatic rings. The van der Waals surface area contributed by atoms with Crippen LogP contribution in [0.5, 0.6) is 0 Å². The molecule has 1 aliphatic carbocycles. The van der Waals surface area contributed by atoms with Gasteiger partial charge in [0.25, 0.3) is 0 Å². The second kappa shape index (κ2) is 10.4. The van der Waals surface area contributed by atoms with Gasteiger partial charge in [-0.05, 0) is 90.5 Å². The number of hydrogen-bond acceptors (Lipinski definition) is 2. The highest BCUT2D eigenvalue weighted by molar-refractivity contribution is 7.85. The smallest absolute Gasteiger partial charge is 0.171 e. The molecular formula is C44H32NOP. The van der Waals surface area contributed by atoms with Gasteiger partial charge in [-0.15, -0.1) is 0 Å². The van der Waals surface area contributed by atoms with Gasteiger partial charge in [-0.25, -0.2) is 0 Å². The molecule has 224 valence electrons. The third-order valence-corrected chi connectivity index (χ3v) is 13.2. The van der Waals surface area contributed by atoms with E-state index in [2.05, 4.69) is 97.7 Å². The van der Waals surface area contributed by atoms with E-state index < -0.39 is 7.14 Å². The Morgan fingerprint density at radius 2 is 1.02 bits per heavy atom. The van der Waals surface area contributed by atoms with Gasteiger partial charge in [-0.2, -0.15) is 0 Å². The van der Waals surface area contributed by atoms with Crippen LogP contribution in [0.15, 0.2) is 158 Å². The van der Waals surface area contributed by atoms with E-state index in [1.807, 2.05) is 79.1 Å². The number of fused-ring (bicyclic) bond motifs is 9. The third-order valence-electron chi connectivity index (χ3n) is 10.2. The SMILES string of the molecule is CC1(C)c2cc3c4ccccc4c4ccccc4c3cc2-c2c(-c3cccnc3)cc(P(=O)(c3ccccc3)c3ccccc3)cc21. The Hall–Kier alpha value is -5.30. The molecule has 0 radical (unpaired) electrons. The van der Waals surface area contributed by atoms with Gasteiger partial charge in [-0.3, -0.25) is 4.98 Å². The van der Waals surface area contributed by atoms with Crippen LogP contribution >= 0.6 is 7.14 Å². The second-order valence-electron chi connectivity index (χ2n) is 13.1. The number of aromatic nitrogens is 1. The first-order chi connectivity index (χ1) is 23.0. The average molecular weight is 622 g/mol. The molecule has 0 atom stereocenters. The monoisotopic (exact) mass is 621 g/mol. The first-order valence-electron chi connectivity index (χ1n) is 16.1. The van der Waals surface area contributed by atoms with Crippen LogP contribution in [0.25, 0.3) is 54.6 Å². The molecule has 0 N–H and O–H groups in total. The van der Waals surface area contributed by atoms with Crippen molar-refractivity contribution in [3.63, 3.8) is 0 Å². The predicted molar refractivity (Wildman–Crippen MR) is 199 cm³/mol. The summed E-state index contributed by atoms with van der Waals surface area (Å²) in [7, 11) is -3.24. The van der Waals surface area contributed by atoms with Crippen molar-refractivity contribution < 1.29 is 4.57 Å².